The van der Waals surface area contributed by atoms with Gasteiger partial charge in [-0.3, -0.25) is 0 Å². The van der Waals surface area contributed by atoms with Crippen LogP contribution in [0.15, 0.2) is 18.5 Å². The first-order valence-corrected chi connectivity index (χ1v) is 6.80. The summed E-state index contributed by atoms with van der Waals surface area (Å²) in [4.78, 5) is 8.25. The molecule has 0 aliphatic rings. The van der Waals surface area contributed by atoms with E-state index in [2.05, 4.69) is 48.2 Å². The summed E-state index contributed by atoms with van der Waals surface area (Å²) >= 11 is 0. The van der Waals surface area contributed by atoms with E-state index in [1.165, 1.54) is 23.0 Å². The molecule has 0 aliphatic carbocycles. The summed E-state index contributed by atoms with van der Waals surface area (Å²) in [6.45, 7) is 6.83. The first-order chi connectivity index (χ1) is 10.1. The lowest BCUT2D eigenvalue weighted by atomic mass is 10.0. The zero-order chi connectivity index (χ0) is 15.4. The van der Waals surface area contributed by atoms with Crippen LogP contribution in [-0.4, -0.2) is 24.2 Å². The predicted molar refractivity (Wildman–Crippen MR) is 83.1 cm³/mol. The average molecular weight is 287 g/mol. The molecule has 0 saturated heterocycles. The van der Waals surface area contributed by atoms with Crippen LogP contribution in [0.3, 0.4) is 0 Å². The highest BCUT2D eigenvalue weighted by Crippen LogP contribution is 2.27. The van der Waals surface area contributed by atoms with Gasteiger partial charge < -0.3 is 14.8 Å². The molecular weight excluding hydrogens is 266 g/mol. The Hall–Kier alpha value is -2.30. The van der Waals surface area contributed by atoms with Crippen LogP contribution in [0.2, 0.25) is 0 Å². The van der Waals surface area contributed by atoms with Crippen molar-refractivity contribution in [3.05, 3.63) is 40.7 Å². The van der Waals surface area contributed by atoms with E-state index in [0.29, 0.717) is 18.3 Å². The number of hydrogen-bond donors (Lipinski definition) is 1. The normalized spacial score (nSPS) is 10.3. The van der Waals surface area contributed by atoms with Crippen LogP contribution in [0.5, 0.6) is 11.8 Å². The number of methoxy groups -OCH3 is 2. The van der Waals surface area contributed by atoms with Crippen LogP contribution in [-0.2, 0) is 6.54 Å². The summed E-state index contributed by atoms with van der Waals surface area (Å²) in [5, 5.41) is 3.43. The van der Waals surface area contributed by atoms with Gasteiger partial charge in [0.25, 0.3) is 0 Å². The molecule has 1 aromatic heterocycles. The molecule has 0 unspecified atom stereocenters. The van der Waals surface area contributed by atoms with Crippen molar-refractivity contribution in [3.63, 3.8) is 0 Å². The largest absolute Gasteiger partial charge is 0.481 e. The van der Waals surface area contributed by atoms with Gasteiger partial charge in [-0.05, 0) is 31.9 Å². The lowest BCUT2D eigenvalue weighted by molar-refractivity contribution is 0.363. The molecule has 112 valence electrons. The topological polar surface area (TPSA) is 56.3 Å². The van der Waals surface area contributed by atoms with E-state index in [0.717, 1.165) is 11.3 Å². The third kappa shape index (κ3) is 3.24. The third-order valence-electron chi connectivity index (χ3n) is 3.37. The lowest BCUT2D eigenvalue weighted by Crippen LogP contribution is -2.08. The van der Waals surface area contributed by atoms with Crippen molar-refractivity contribution in [2.45, 2.75) is 27.3 Å². The van der Waals surface area contributed by atoms with Gasteiger partial charge in [0.15, 0.2) is 0 Å². The second-order valence-electron chi connectivity index (χ2n) is 5.00. The predicted octanol–water partition coefficient (Wildman–Crippen LogP) is 3.03. The van der Waals surface area contributed by atoms with E-state index in [1.807, 2.05) is 0 Å². The fourth-order valence-corrected chi connectivity index (χ4v) is 2.52. The molecule has 1 heterocycles. The number of hydrogen-bond acceptors (Lipinski definition) is 5. The average Bonchev–Trinajstić information content (AvgIpc) is 2.45. The van der Waals surface area contributed by atoms with Crippen LogP contribution in [0.4, 0.5) is 5.69 Å². The van der Waals surface area contributed by atoms with E-state index in [1.54, 1.807) is 14.2 Å². The second kappa shape index (κ2) is 6.43. The van der Waals surface area contributed by atoms with E-state index < -0.39 is 0 Å². The molecule has 2 aromatic rings. The smallest absolute Gasteiger partial charge is 0.225 e. The van der Waals surface area contributed by atoms with E-state index in [-0.39, 0.29) is 0 Å². The second-order valence-corrected chi connectivity index (χ2v) is 5.00. The Morgan fingerprint density at radius 1 is 0.952 bits per heavy atom. The Kier molecular flexibility index (Phi) is 4.62. The van der Waals surface area contributed by atoms with Crippen LogP contribution < -0.4 is 14.8 Å². The summed E-state index contributed by atoms with van der Waals surface area (Å²) in [5.74, 6) is 1.05. The van der Waals surface area contributed by atoms with E-state index in [9.17, 15) is 0 Å². The van der Waals surface area contributed by atoms with Crippen molar-refractivity contribution in [1.82, 2.24) is 9.97 Å². The van der Waals surface area contributed by atoms with Crippen LogP contribution in [0, 0.1) is 20.8 Å². The number of benzene rings is 1. The summed E-state index contributed by atoms with van der Waals surface area (Å²) in [5.41, 5.74) is 5.61. The van der Waals surface area contributed by atoms with Gasteiger partial charge in [-0.1, -0.05) is 17.7 Å². The molecule has 21 heavy (non-hydrogen) atoms. The van der Waals surface area contributed by atoms with Gasteiger partial charge in [-0.25, -0.2) is 9.97 Å². The van der Waals surface area contributed by atoms with Gasteiger partial charge in [-0.15, -0.1) is 0 Å². The molecule has 1 aromatic carbocycles. The summed E-state index contributed by atoms with van der Waals surface area (Å²) < 4.78 is 10.6. The van der Waals surface area contributed by atoms with Crippen molar-refractivity contribution in [1.29, 1.82) is 0 Å². The number of rotatable bonds is 5. The fourth-order valence-electron chi connectivity index (χ4n) is 2.52. The molecule has 2 rings (SSSR count). The Labute approximate surface area is 125 Å². The minimum Gasteiger partial charge on any atom is -0.481 e. The van der Waals surface area contributed by atoms with Gasteiger partial charge in [0, 0.05) is 5.69 Å². The zero-order valence-electron chi connectivity index (χ0n) is 13.2. The van der Waals surface area contributed by atoms with Crippen molar-refractivity contribution in [2.75, 3.05) is 19.5 Å². The Morgan fingerprint density at radius 3 is 1.95 bits per heavy atom. The first kappa shape index (κ1) is 15.1. The minimum atomic E-state index is 0.525. The zero-order valence-corrected chi connectivity index (χ0v) is 13.2. The molecule has 0 spiro atoms. The van der Waals surface area contributed by atoms with Crippen LogP contribution in [0.25, 0.3) is 0 Å². The van der Waals surface area contributed by atoms with E-state index in [4.69, 9.17) is 9.47 Å². The van der Waals surface area contributed by atoms with Crippen molar-refractivity contribution >= 4 is 5.69 Å². The molecule has 0 bridgehead atoms. The van der Waals surface area contributed by atoms with Gasteiger partial charge in [0.2, 0.25) is 11.8 Å². The quantitative estimate of drug-likeness (QED) is 0.916. The maximum Gasteiger partial charge on any atom is 0.225 e. The molecule has 1 N–H and O–H groups in total. The van der Waals surface area contributed by atoms with Crippen LogP contribution in [0.1, 0.15) is 22.3 Å². The maximum absolute atomic E-state index is 5.28. The molecule has 0 amide bonds. The summed E-state index contributed by atoms with van der Waals surface area (Å²) in [7, 11) is 3.18. The Morgan fingerprint density at radius 2 is 1.48 bits per heavy atom. The summed E-state index contributed by atoms with van der Waals surface area (Å²) in [6.07, 6.45) is 1.43. The SMILES string of the molecule is COc1ncnc(OC)c1CNc1c(C)cc(C)cc1C. The van der Waals surface area contributed by atoms with Gasteiger partial charge in [0.1, 0.15) is 6.33 Å². The number of nitrogens with one attached hydrogen (secondary N) is 1. The molecular formula is C16H21N3O2. The van der Waals surface area contributed by atoms with Crippen molar-refractivity contribution < 1.29 is 9.47 Å². The molecule has 0 aliphatic heterocycles. The highest BCUT2D eigenvalue weighted by Gasteiger charge is 2.13. The number of anilines is 1. The highest BCUT2D eigenvalue weighted by molar-refractivity contribution is 5.58. The van der Waals surface area contributed by atoms with Gasteiger partial charge in [-0.2, -0.15) is 0 Å². The monoisotopic (exact) mass is 287 g/mol. The molecule has 5 nitrogen and oxygen atoms in total. The Bertz CT molecular complexity index is 596. The highest BCUT2D eigenvalue weighted by atomic mass is 16.5. The minimum absolute atomic E-state index is 0.525. The van der Waals surface area contributed by atoms with Crippen molar-refractivity contribution in [2.24, 2.45) is 0 Å². The first-order valence-electron chi connectivity index (χ1n) is 6.80. The number of ether oxygens (including phenoxy) is 2. The lowest BCUT2D eigenvalue weighted by Gasteiger charge is -2.16. The number of nitrogens with zero attached hydrogens (tertiary/aromatic N) is 2. The van der Waals surface area contributed by atoms with Gasteiger partial charge in [0.05, 0.1) is 26.3 Å². The maximum atomic E-state index is 5.28. The number of aromatic nitrogens is 2. The molecule has 5 heteroatoms. The third-order valence-corrected chi connectivity index (χ3v) is 3.37. The van der Waals surface area contributed by atoms with Crippen LogP contribution >= 0.6 is 0 Å². The van der Waals surface area contributed by atoms with Gasteiger partial charge >= 0.3 is 0 Å². The van der Waals surface area contributed by atoms with Crippen molar-refractivity contribution in [3.8, 4) is 11.8 Å². The molecule has 0 radical (unpaired) electrons. The molecule has 0 saturated carbocycles. The van der Waals surface area contributed by atoms with E-state index >= 15 is 0 Å². The number of aryl methyl sites for hydroxylation is 3. The fraction of sp³-hybridized carbons (Fsp3) is 0.375. The standard InChI is InChI=1S/C16H21N3O2/c1-10-6-11(2)14(12(3)7-10)17-8-13-15(20-4)18-9-19-16(13)21-5/h6-7,9,17H,8H2,1-5H3. The summed E-state index contributed by atoms with van der Waals surface area (Å²) in [6, 6.07) is 4.32. The molecule has 0 atom stereocenters. The molecule has 0 fully saturated rings. The Balaban J connectivity index is 2.28.